The van der Waals surface area contributed by atoms with Crippen molar-refractivity contribution in [3.05, 3.63) is 30.0 Å². The molecule has 124 valence electrons. The van der Waals surface area contributed by atoms with Gasteiger partial charge in [0.05, 0.1) is 13.0 Å². The van der Waals surface area contributed by atoms with Gasteiger partial charge in [0.25, 0.3) is 0 Å². The molecule has 1 amide bonds. The van der Waals surface area contributed by atoms with E-state index < -0.39 is 0 Å². The molecule has 0 spiro atoms. The second kappa shape index (κ2) is 6.62. The lowest BCUT2D eigenvalue weighted by Gasteiger charge is -2.24. The van der Waals surface area contributed by atoms with Crippen LogP contribution in [0.15, 0.2) is 24.4 Å². The number of carbonyl (C=O) groups excluding carboxylic acids is 1. The number of amides is 1. The lowest BCUT2D eigenvalue weighted by Crippen LogP contribution is -2.37. The number of hydrogen-bond acceptors (Lipinski definition) is 3. The molecule has 0 bridgehead atoms. The fourth-order valence-electron chi connectivity index (χ4n) is 3.50. The Bertz CT molecular complexity index is 695. The van der Waals surface area contributed by atoms with Gasteiger partial charge in [-0.3, -0.25) is 4.79 Å². The summed E-state index contributed by atoms with van der Waals surface area (Å²) in [5, 5.41) is 10.4. The second-order valence-corrected chi connectivity index (χ2v) is 6.16. The van der Waals surface area contributed by atoms with Gasteiger partial charge in [-0.05, 0) is 38.0 Å². The Morgan fingerprint density at radius 2 is 2.30 bits per heavy atom. The molecule has 2 heterocycles. The average molecular weight is 316 g/mol. The van der Waals surface area contributed by atoms with Crippen molar-refractivity contribution in [1.29, 1.82) is 0 Å². The Morgan fingerprint density at radius 1 is 1.48 bits per heavy atom. The van der Waals surface area contributed by atoms with Crippen LogP contribution in [0.1, 0.15) is 25.8 Å². The first-order chi connectivity index (χ1) is 11.2. The third-order valence-electron chi connectivity index (χ3n) is 4.86. The minimum absolute atomic E-state index is 0.101. The number of aliphatic hydroxyl groups is 1. The van der Waals surface area contributed by atoms with Crippen LogP contribution in [0.3, 0.4) is 0 Å². The maximum atomic E-state index is 12.7. The molecule has 23 heavy (non-hydrogen) atoms. The molecule has 5 heteroatoms. The number of carbonyl (C=O) groups is 1. The van der Waals surface area contributed by atoms with Crippen molar-refractivity contribution in [2.45, 2.75) is 32.7 Å². The van der Waals surface area contributed by atoms with Crippen molar-refractivity contribution >= 4 is 16.8 Å². The third-order valence-corrected chi connectivity index (χ3v) is 4.86. The number of nitrogens with one attached hydrogen (secondary N) is 1. The molecule has 1 aliphatic heterocycles. The van der Waals surface area contributed by atoms with E-state index in [1.54, 1.807) is 0 Å². The van der Waals surface area contributed by atoms with Crippen LogP contribution in [0.5, 0.6) is 5.75 Å². The van der Waals surface area contributed by atoms with E-state index in [1.807, 2.05) is 43.1 Å². The van der Waals surface area contributed by atoms with Gasteiger partial charge in [0.2, 0.25) is 5.91 Å². The smallest absolute Gasteiger partial charge is 0.227 e. The number of aliphatic hydroxyl groups excluding tert-OH is 1. The van der Waals surface area contributed by atoms with Gasteiger partial charge in [0.15, 0.2) is 0 Å². The van der Waals surface area contributed by atoms with Crippen LogP contribution >= 0.6 is 0 Å². The highest BCUT2D eigenvalue weighted by molar-refractivity contribution is 5.93. The predicted octanol–water partition coefficient (Wildman–Crippen LogP) is 2.34. The van der Waals surface area contributed by atoms with Crippen LogP contribution in [0.2, 0.25) is 0 Å². The summed E-state index contributed by atoms with van der Waals surface area (Å²) in [6, 6.07) is 5.98. The minimum atomic E-state index is 0.101. The molecule has 1 aromatic heterocycles. The van der Waals surface area contributed by atoms with Crippen molar-refractivity contribution in [3.63, 3.8) is 0 Å². The first kappa shape index (κ1) is 15.9. The summed E-state index contributed by atoms with van der Waals surface area (Å²) in [6.45, 7) is 5.45. The van der Waals surface area contributed by atoms with Crippen molar-refractivity contribution in [1.82, 2.24) is 9.88 Å². The number of ether oxygens (including phenoxy) is 1. The fourth-order valence-corrected chi connectivity index (χ4v) is 3.50. The summed E-state index contributed by atoms with van der Waals surface area (Å²) in [7, 11) is 0. The van der Waals surface area contributed by atoms with Gasteiger partial charge in [-0.25, -0.2) is 0 Å². The number of hydrogen-bond donors (Lipinski definition) is 2. The molecule has 0 unspecified atom stereocenters. The molecule has 1 aromatic carbocycles. The lowest BCUT2D eigenvalue weighted by atomic mass is 10.0. The van der Waals surface area contributed by atoms with E-state index in [2.05, 4.69) is 4.98 Å². The zero-order valence-corrected chi connectivity index (χ0v) is 13.7. The van der Waals surface area contributed by atoms with Gasteiger partial charge >= 0.3 is 0 Å². The summed E-state index contributed by atoms with van der Waals surface area (Å²) in [6.07, 6.45) is 3.13. The minimum Gasteiger partial charge on any atom is -0.493 e. The summed E-state index contributed by atoms with van der Waals surface area (Å²) < 4.78 is 5.70. The van der Waals surface area contributed by atoms with Crippen LogP contribution < -0.4 is 4.74 Å². The van der Waals surface area contributed by atoms with E-state index in [-0.39, 0.29) is 24.5 Å². The number of fused-ring (bicyclic) bond motifs is 1. The normalized spacial score (nSPS) is 21.1. The number of rotatable bonds is 5. The third kappa shape index (κ3) is 2.93. The number of H-pyrrole nitrogens is 1. The first-order valence-electron chi connectivity index (χ1n) is 8.27. The average Bonchev–Trinajstić information content (AvgIpc) is 3.12. The largest absolute Gasteiger partial charge is 0.493 e. The van der Waals surface area contributed by atoms with Gasteiger partial charge in [-0.15, -0.1) is 0 Å². The zero-order chi connectivity index (χ0) is 16.4. The first-order valence-corrected chi connectivity index (χ1v) is 8.27. The number of nitrogens with zero attached hydrogens (tertiary/aromatic N) is 1. The summed E-state index contributed by atoms with van der Waals surface area (Å²) in [5.74, 6) is 1.12. The quantitative estimate of drug-likeness (QED) is 0.890. The van der Waals surface area contributed by atoms with E-state index >= 15 is 0 Å². The molecule has 1 fully saturated rings. The van der Waals surface area contributed by atoms with Crippen LogP contribution in [0, 0.1) is 5.92 Å². The Hall–Kier alpha value is -2.01. The maximum absolute atomic E-state index is 12.7. The monoisotopic (exact) mass is 316 g/mol. The zero-order valence-electron chi connectivity index (χ0n) is 13.7. The lowest BCUT2D eigenvalue weighted by molar-refractivity contribution is -0.131. The van der Waals surface area contributed by atoms with E-state index in [1.165, 1.54) is 0 Å². The van der Waals surface area contributed by atoms with Crippen LogP contribution in [-0.2, 0) is 11.2 Å². The number of likely N-dealkylation sites (tertiary alicyclic amines) is 1. The summed E-state index contributed by atoms with van der Waals surface area (Å²) in [4.78, 5) is 17.8. The molecule has 0 radical (unpaired) electrons. The van der Waals surface area contributed by atoms with E-state index in [0.717, 1.165) is 35.2 Å². The molecule has 2 aromatic rings. The maximum Gasteiger partial charge on any atom is 0.227 e. The second-order valence-electron chi connectivity index (χ2n) is 6.16. The van der Waals surface area contributed by atoms with Crippen LogP contribution in [0.4, 0.5) is 0 Å². The highest BCUT2D eigenvalue weighted by Gasteiger charge is 2.33. The number of aromatic nitrogens is 1. The Kier molecular flexibility index (Phi) is 4.57. The summed E-state index contributed by atoms with van der Waals surface area (Å²) in [5.41, 5.74) is 1.95. The van der Waals surface area contributed by atoms with E-state index in [0.29, 0.717) is 13.0 Å². The molecule has 0 saturated carbocycles. The van der Waals surface area contributed by atoms with Crippen LogP contribution in [0.25, 0.3) is 10.9 Å². The molecule has 2 atom stereocenters. The molecule has 2 N–H and O–H groups in total. The molecule has 3 rings (SSSR count). The van der Waals surface area contributed by atoms with E-state index in [9.17, 15) is 9.90 Å². The number of benzene rings is 1. The SMILES string of the molecule is CCOc1cccc2[nH]cc(CC(=O)N3CC[C@@H](CO)[C@H]3C)c12. The standard InChI is InChI=1S/C18H24N2O3/c1-3-23-16-6-4-5-15-18(16)14(10-19-15)9-17(22)20-8-7-13(11-21)12(20)2/h4-6,10,12-13,19,21H,3,7-9,11H2,1-2H3/t12-,13+/m1/s1. The number of aromatic amines is 1. The highest BCUT2D eigenvalue weighted by Crippen LogP contribution is 2.30. The topological polar surface area (TPSA) is 65.6 Å². The molecule has 1 aliphatic rings. The van der Waals surface area contributed by atoms with E-state index in [4.69, 9.17) is 4.74 Å². The van der Waals surface area contributed by atoms with Gasteiger partial charge in [0, 0.05) is 42.2 Å². The fraction of sp³-hybridized carbons (Fsp3) is 0.500. The van der Waals surface area contributed by atoms with Gasteiger partial charge in [-0.2, -0.15) is 0 Å². The van der Waals surface area contributed by atoms with Gasteiger partial charge in [0.1, 0.15) is 5.75 Å². The van der Waals surface area contributed by atoms with Crippen LogP contribution in [-0.4, -0.2) is 46.7 Å². The Balaban J connectivity index is 1.83. The highest BCUT2D eigenvalue weighted by atomic mass is 16.5. The molecule has 5 nitrogen and oxygen atoms in total. The van der Waals surface area contributed by atoms with Crippen molar-refractivity contribution in [2.24, 2.45) is 5.92 Å². The van der Waals surface area contributed by atoms with Crippen molar-refractivity contribution < 1.29 is 14.6 Å². The van der Waals surface area contributed by atoms with Gasteiger partial charge < -0.3 is 19.7 Å². The van der Waals surface area contributed by atoms with Crippen molar-refractivity contribution in [3.8, 4) is 5.75 Å². The Labute approximate surface area is 136 Å². The Morgan fingerprint density at radius 3 is 3.00 bits per heavy atom. The molecular formula is C18H24N2O3. The molecule has 0 aliphatic carbocycles. The van der Waals surface area contributed by atoms with Gasteiger partial charge in [-0.1, -0.05) is 6.07 Å². The summed E-state index contributed by atoms with van der Waals surface area (Å²) >= 11 is 0. The predicted molar refractivity (Wildman–Crippen MR) is 89.5 cm³/mol. The molecular weight excluding hydrogens is 292 g/mol. The van der Waals surface area contributed by atoms with Crippen molar-refractivity contribution in [2.75, 3.05) is 19.8 Å². The molecule has 1 saturated heterocycles.